The lowest BCUT2D eigenvalue weighted by molar-refractivity contribution is -0.132. The number of ether oxygens (including phenoxy) is 1. The van der Waals surface area contributed by atoms with Crippen molar-refractivity contribution in [1.82, 2.24) is 10.2 Å². The first-order valence-electron chi connectivity index (χ1n) is 6.48. The Balaban J connectivity index is 2.19. The van der Waals surface area contributed by atoms with Gasteiger partial charge in [0.15, 0.2) is 0 Å². The van der Waals surface area contributed by atoms with Gasteiger partial charge in [0.25, 0.3) is 0 Å². The number of morpholine rings is 1. The van der Waals surface area contributed by atoms with E-state index in [9.17, 15) is 14.7 Å². The van der Waals surface area contributed by atoms with Gasteiger partial charge in [-0.1, -0.05) is 18.2 Å². The number of likely N-dealkylation sites (N-methyl/N-ethyl adjacent to an activating group) is 1. The minimum absolute atomic E-state index is 0.113. The predicted octanol–water partition coefficient (Wildman–Crippen LogP) is 0.332. The summed E-state index contributed by atoms with van der Waals surface area (Å²) in [4.78, 5) is 25.0. The molecule has 0 saturated carbocycles. The Morgan fingerprint density at radius 3 is 2.90 bits per heavy atom. The summed E-state index contributed by atoms with van der Waals surface area (Å²) < 4.78 is 5.33. The number of nitrogens with zero attached hydrogens (tertiary/aromatic N) is 1. The molecule has 20 heavy (non-hydrogen) atoms. The lowest BCUT2D eigenvalue weighted by Crippen LogP contribution is -2.52. The number of amides is 1. The largest absolute Gasteiger partial charge is 0.478 e. The first kappa shape index (κ1) is 14.5. The van der Waals surface area contributed by atoms with Crippen LogP contribution in [0, 0.1) is 0 Å². The van der Waals surface area contributed by atoms with E-state index in [2.05, 4.69) is 5.32 Å². The molecule has 1 amide bonds. The summed E-state index contributed by atoms with van der Waals surface area (Å²) >= 11 is 0. The number of carbonyl (C=O) groups excluding carboxylic acids is 1. The third-order valence-electron chi connectivity index (χ3n) is 3.41. The van der Waals surface area contributed by atoms with Gasteiger partial charge >= 0.3 is 5.97 Å². The summed E-state index contributed by atoms with van der Waals surface area (Å²) in [5.74, 6) is -1.07. The van der Waals surface area contributed by atoms with Crippen LogP contribution in [-0.4, -0.2) is 54.7 Å². The van der Waals surface area contributed by atoms with Gasteiger partial charge in [-0.15, -0.1) is 0 Å². The number of benzene rings is 1. The van der Waals surface area contributed by atoms with Crippen LogP contribution >= 0.6 is 0 Å². The zero-order valence-corrected chi connectivity index (χ0v) is 11.3. The minimum Gasteiger partial charge on any atom is -0.478 e. The smallest absolute Gasteiger partial charge is 0.336 e. The molecule has 1 aromatic carbocycles. The highest BCUT2D eigenvalue weighted by Gasteiger charge is 2.29. The van der Waals surface area contributed by atoms with E-state index in [4.69, 9.17) is 4.74 Å². The highest BCUT2D eigenvalue weighted by atomic mass is 16.5. The van der Waals surface area contributed by atoms with E-state index in [0.717, 1.165) is 0 Å². The molecule has 108 valence electrons. The molecule has 1 atom stereocenters. The number of nitrogens with one attached hydrogen (secondary N) is 1. The average molecular weight is 278 g/mol. The van der Waals surface area contributed by atoms with E-state index in [1.54, 1.807) is 31.3 Å². The molecule has 2 N–H and O–H groups in total. The molecular formula is C14H18N2O4. The van der Waals surface area contributed by atoms with Crippen molar-refractivity contribution >= 4 is 11.9 Å². The maximum absolute atomic E-state index is 11.8. The van der Waals surface area contributed by atoms with Crippen LogP contribution in [0.3, 0.4) is 0 Å². The number of hydrogen-bond acceptors (Lipinski definition) is 4. The minimum atomic E-state index is -0.953. The Kier molecular flexibility index (Phi) is 4.70. The molecule has 6 heteroatoms. The molecule has 6 nitrogen and oxygen atoms in total. The van der Waals surface area contributed by atoms with Crippen LogP contribution in [0.25, 0.3) is 0 Å². The van der Waals surface area contributed by atoms with Crippen LogP contribution < -0.4 is 5.32 Å². The van der Waals surface area contributed by atoms with Crippen LogP contribution in [0.2, 0.25) is 0 Å². The van der Waals surface area contributed by atoms with Crippen molar-refractivity contribution in [1.29, 1.82) is 0 Å². The lowest BCUT2D eigenvalue weighted by atomic mass is 10.1. The van der Waals surface area contributed by atoms with Crippen LogP contribution in [0.15, 0.2) is 24.3 Å². The molecule has 1 saturated heterocycles. The van der Waals surface area contributed by atoms with Gasteiger partial charge in [-0.2, -0.15) is 0 Å². The van der Waals surface area contributed by atoms with Crippen LogP contribution in [0.4, 0.5) is 0 Å². The Bertz CT molecular complexity index is 504. The van der Waals surface area contributed by atoms with Gasteiger partial charge in [-0.3, -0.25) is 9.69 Å². The standard InChI is InChI=1S/C14H18N2O4/c1-15-13(17)12-9-20-7-6-16(12)8-10-4-2-3-5-11(10)14(18)19/h2-5,12H,6-9H2,1H3,(H,15,17)(H,18,19). The summed E-state index contributed by atoms with van der Waals surface area (Å²) in [6.07, 6.45) is 0. The lowest BCUT2D eigenvalue weighted by Gasteiger charge is -2.34. The van der Waals surface area contributed by atoms with E-state index >= 15 is 0 Å². The SMILES string of the molecule is CNC(=O)C1COCCN1Cc1ccccc1C(=O)O. The van der Waals surface area contributed by atoms with E-state index in [0.29, 0.717) is 31.9 Å². The van der Waals surface area contributed by atoms with Crippen molar-refractivity contribution in [3.63, 3.8) is 0 Å². The second-order valence-corrected chi connectivity index (χ2v) is 4.64. The third-order valence-corrected chi connectivity index (χ3v) is 3.41. The molecule has 1 unspecified atom stereocenters. The van der Waals surface area contributed by atoms with Crippen LogP contribution in [-0.2, 0) is 16.1 Å². The van der Waals surface area contributed by atoms with Crippen molar-refractivity contribution < 1.29 is 19.4 Å². The molecule has 0 spiro atoms. The van der Waals surface area contributed by atoms with Crippen molar-refractivity contribution in [2.24, 2.45) is 0 Å². The highest BCUT2D eigenvalue weighted by Crippen LogP contribution is 2.16. The maximum Gasteiger partial charge on any atom is 0.336 e. The first-order valence-corrected chi connectivity index (χ1v) is 6.48. The summed E-state index contributed by atoms with van der Waals surface area (Å²) in [5.41, 5.74) is 0.977. The van der Waals surface area contributed by atoms with Crippen LogP contribution in [0.1, 0.15) is 15.9 Å². The average Bonchev–Trinajstić information content (AvgIpc) is 2.47. The van der Waals surface area contributed by atoms with E-state index in [1.807, 2.05) is 4.90 Å². The molecule has 1 fully saturated rings. The van der Waals surface area contributed by atoms with E-state index < -0.39 is 5.97 Å². The van der Waals surface area contributed by atoms with Gasteiger partial charge in [-0.05, 0) is 11.6 Å². The number of carbonyl (C=O) groups is 2. The molecule has 2 rings (SSSR count). The molecule has 1 aliphatic rings. The Labute approximate surface area is 117 Å². The van der Waals surface area contributed by atoms with Gasteiger partial charge in [0.05, 0.1) is 18.8 Å². The predicted molar refractivity (Wildman–Crippen MR) is 72.5 cm³/mol. The topological polar surface area (TPSA) is 78.9 Å². The third kappa shape index (κ3) is 3.15. The van der Waals surface area contributed by atoms with Gasteiger partial charge in [0.2, 0.25) is 5.91 Å². The summed E-state index contributed by atoms with van der Waals surface area (Å²) in [5, 5.41) is 11.8. The zero-order valence-electron chi connectivity index (χ0n) is 11.3. The zero-order chi connectivity index (χ0) is 14.5. The summed E-state index contributed by atoms with van der Waals surface area (Å²) in [6.45, 7) is 1.90. The number of hydrogen-bond donors (Lipinski definition) is 2. The second kappa shape index (κ2) is 6.49. The molecule has 0 aliphatic carbocycles. The monoisotopic (exact) mass is 278 g/mol. The Morgan fingerprint density at radius 2 is 2.20 bits per heavy atom. The van der Waals surface area contributed by atoms with E-state index in [1.165, 1.54) is 0 Å². The second-order valence-electron chi connectivity index (χ2n) is 4.64. The Hall–Kier alpha value is -1.92. The molecule has 1 heterocycles. The fourth-order valence-corrected chi connectivity index (χ4v) is 2.32. The van der Waals surface area contributed by atoms with Crippen molar-refractivity contribution in [3.05, 3.63) is 35.4 Å². The molecule has 0 radical (unpaired) electrons. The van der Waals surface area contributed by atoms with Gasteiger partial charge in [-0.25, -0.2) is 4.79 Å². The van der Waals surface area contributed by atoms with Gasteiger partial charge in [0, 0.05) is 20.1 Å². The normalized spacial score (nSPS) is 19.6. The maximum atomic E-state index is 11.8. The van der Waals surface area contributed by atoms with Crippen molar-refractivity contribution in [3.8, 4) is 0 Å². The first-order chi connectivity index (χ1) is 9.63. The fourth-order valence-electron chi connectivity index (χ4n) is 2.32. The quantitative estimate of drug-likeness (QED) is 0.830. The van der Waals surface area contributed by atoms with Crippen molar-refractivity contribution in [2.45, 2.75) is 12.6 Å². The molecule has 1 aromatic rings. The molecular weight excluding hydrogens is 260 g/mol. The van der Waals surface area contributed by atoms with Crippen LogP contribution in [0.5, 0.6) is 0 Å². The molecule has 1 aliphatic heterocycles. The number of rotatable bonds is 4. The van der Waals surface area contributed by atoms with Gasteiger partial charge in [0.1, 0.15) is 6.04 Å². The fraction of sp³-hybridized carbons (Fsp3) is 0.429. The number of carboxylic acid groups (broad SMARTS) is 1. The molecule has 0 aromatic heterocycles. The highest BCUT2D eigenvalue weighted by molar-refractivity contribution is 5.89. The number of aromatic carboxylic acids is 1. The molecule has 0 bridgehead atoms. The number of carboxylic acids is 1. The van der Waals surface area contributed by atoms with Gasteiger partial charge < -0.3 is 15.2 Å². The van der Waals surface area contributed by atoms with Crippen molar-refractivity contribution in [2.75, 3.05) is 26.8 Å². The van der Waals surface area contributed by atoms with E-state index in [-0.39, 0.29) is 17.5 Å². The summed E-state index contributed by atoms with van der Waals surface area (Å²) in [6, 6.07) is 6.47. The Morgan fingerprint density at radius 1 is 1.45 bits per heavy atom. The summed E-state index contributed by atoms with van der Waals surface area (Å²) in [7, 11) is 1.58.